The smallest absolute Gasteiger partial charge is 0.309 e. The molecule has 0 saturated carbocycles. The predicted octanol–water partition coefficient (Wildman–Crippen LogP) is 1.35. The number of fused-ring (bicyclic) bond motifs is 1. The molecule has 1 aromatic heterocycles. The molecule has 2 saturated heterocycles. The third-order valence-electron chi connectivity index (χ3n) is 2.84. The zero-order valence-corrected chi connectivity index (χ0v) is 9.07. The highest BCUT2D eigenvalue weighted by Gasteiger charge is 2.50. The van der Waals surface area contributed by atoms with Crippen LogP contribution < -0.4 is 0 Å². The van der Waals surface area contributed by atoms with Gasteiger partial charge in [0.1, 0.15) is 12.1 Å². The maximum atomic E-state index is 11.2. The van der Waals surface area contributed by atoms with Crippen molar-refractivity contribution in [2.75, 3.05) is 7.05 Å². The fourth-order valence-corrected chi connectivity index (χ4v) is 3.10. The van der Waals surface area contributed by atoms with Crippen LogP contribution >= 0.6 is 11.3 Å². The zero-order valence-electron chi connectivity index (χ0n) is 8.25. The van der Waals surface area contributed by atoms with Crippen LogP contribution in [0.2, 0.25) is 0 Å². The molecule has 0 N–H and O–H groups in total. The van der Waals surface area contributed by atoms with Crippen LogP contribution in [0.15, 0.2) is 17.5 Å². The fraction of sp³-hybridized carbons (Fsp3) is 0.500. The number of hydrogen-bond donors (Lipinski definition) is 0. The molecule has 2 aliphatic rings. The number of carbonyl (C=O) groups excluding carboxylic acids is 1. The average molecular weight is 225 g/mol. The molecule has 1 aromatic rings. The summed E-state index contributed by atoms with van der Waals surface area (Å²) in [6.45, 7) is 0. The lowest BCUT2D eigenvalue weighted by molar-refractivity contribution is -0.155. The summed E-state index contributed by atoms with van der Waals surface area (Å²) in [5.41, 5.74) is 0. The molecule has 0 unspecified atom stereocenters. The second kappa shape index (κ2) is 3.30. The molecule has 15 heavy (non-hydrogen) atoms. The number of carbonyl (C=O) groups is 1. The molecule has 0 aliphatic carbocycles. The Morgan fingerprint density at radius 1 is 1.60 bits per heavy atom. The highest BCUT2D eigenvalue weighted by molar-refractivity contribution is 7.10. The van der Waals surface area contributed by atoms with Crippen LogP contribution in [0.3, 0.4) is 0 Å². The van der Waals surface area contributed by atoms with Gasteiger partial charge in [-0.3, -0.25) is 9.63 Å². The molecule has 0 aromatic carbocycles. The molecule has 3 atom stereocenters. The number of hydroxylamine groups is 2. The molecule has 0 bridgehead atoms. The van der Waals surface area contributed by atoms with E-state index in [4.69, 9.17) is 9.57 Å². The maximum absolute atomic E-state index is 11.2. The highest BCUT2D eigenvalue weighted by atomic mass is 32.1. The van der Waals surface area contributed by atoms with E-state index < -0.39 is 0 Å². The molecule has 4 nitrogen and oxygen atoms in total. The van der Waals surface area contributed by atoms with Gasteiger partial charge in [-0.1, -0.05) is 6.07 Å². The third kappa shape index (κ3) is 1.39. The van der Waals surface area contributed by atoms with E-state index in [9.17, 15) is 4.79 Å². The number of likely N-dealkylation sites (N-methyl/N-ethyl adjacent to an activating group) is 1. The predicted molar refractivity (Wildman–Crippen MR) is 54.2 cm³/mol. The summed E-state index contributed by atoms with van der Waals surface area (Å²) in [7, 11) is 1.89. The van der Waals surface area contributed by atoms with E-state index in [1.54, 1.807) is 16.4 Å². The number of rotatable bonds is 1. The summed E-state index contributed by atoms with van der Waals surface area (Å²) in [4.78, 5) is 17.9. The first kappa shape index (κ1) is 9.33. The highest BCUT2D eigenvalue weighted by Crippen LogP contribution is 2.41. The Kier molecular flexibility index (Phi) is 2.05. The van der Waals surface area contributed by atoms with Crippen molar-refractivity contribution in [2.45, 2.75) is 24.7 Å². The Balaban J connectivity index is 1.91. The van der Waals surface area contributed by atoms with Crippen molar-refractivity contribution < 1.29 is 14.4 Å². The number of ether oxygens (including phenoxy) is 1. The Morgan fingerprint density at radius 3 is 3.20 bits per heavy atom. The maximum Gasteiger partial charge on any atom is 0.309 e. The van der Waals surface area contributed by atoms with Crippen LogP contribution in [0.5, 0.6) is 0 Å². The Labute approximate surface area is 91.4 Å². The van der Waals surface area contributed by atoms with E-state index in [2.05, 4.69) is 0 Å². The topological polar surface area (TPSA) is 38.8 Å². The van der Waals surface area contributed by atoms with E-state index in [0.29, 0.717) is 6.42 Å². The van der Waals surface area contributed by atoms with E-state index >= 15 is 0 Å². The number of hydrogen-bond acceptors (Lipinski definition) is 5. The zero-order chi connectivity index (χ0) is 10.4. The number of nitrogens with zero attached hydrogens (tertiary/aromatic N) is 1. The van der Waals surface area contributed by atoms with Crippen molar-refractivity contribution in [3.05, 3.63) is 22.4 Å². The van der Waals surface area contributed by atoms with Gasteiger partial charge in [0.2, 0.25) is 0 Å². The van der Waals surface area contributed by atoms with Crippen molar-refractivity contribution in [3.8, 4) is 0 Å². The second-order valence-electron chi connectivity index (χ2n) is 3.81. The summed E-state index contributed by atoms with van der Waals surface area (Å²) in [5.74, 6) is -0.153. The molecule has 0 spiro atoms. The SMILES string of the molecule is CN1O[C@@H]2CC(=O)O[C@@H]2[C@H]1c1cccs1. The first-order valence-electron chi connectivity index (χ1n) is 4.88. The van der Waals surface area contributed by atoms with Crippen LogP contribution in [0.4, 0.5) is 0 Å². The lowest BCUT2D eigenvalue weighted by Crippen LogP contribution is -2.24. The third-order valence-corrected chi connectivity index (χ3v) is 3.78. The second-order valence-corrected chi connectivity index (χ2v) is 4.79. The fourth-order valence-electron chi connectivity index (χ4n) is 2.21. The van der Waals surface area contributed by atoms with E-state index in [-0.39, 0.29) is 24.2 Å². The molecule has 2 aliphatic heterocycles. The molecule has 5 heteroatoms. The molecular formula is C10H11NO3S. The van der Waals surface area contributed by atoms with E-state index in [1.165, 1.54) is 4.88 Å². The quantitative estimate of drug-likeness (QED) is 0.676. The minimum atomic E-state index is -0.153. The summed E-state index contributed by atoms with van der Waals surface area (Å²) >= 11 is 1.66. The average Bonchev–Trinajstić information content (AvgIpc) is 2.80. The van der Waals surface area contributed by atoms with Gasteiger partial charge in [0.25, 0.3) is 0 Å². The van der Waals surface area contributed by atoms with Crippen LogP contribution in [0.25, 0.3) is 0 Å². The van der Waals surface area contributed by atoms with Crippen molar-refractivity contribution in [3.63, 3.8) is 0 Å². The molecule has 3 heterocycles. The van der Waals surface area contributed by atoms with E-state index in [1.807, 2.05) is 24.6 Å². The Hall–Kier alpha value is -0.910. The monoisotopic (exact) mass is 225 g/mol. The molecule has 0 radical (unpaired) electrons. The summed E-state index contributed by atoms with van der Waals surface area (Å²) in [6.07, 6.45) is 0.132. The van der Waals surface area contributed by atoms with Crippen LogP contribution in [0, 0.1) is 0 Å². The molecular weight excluding hydrogens is 214 g/mol. The summed E-state index contributed by atoms with van der Waals surface area (Å²) in [6, 6.07) is 4.10. The Morgan fingerprint density at radius 2 is 2.47 bits per heavy atom. The van der Waals surface area contributed by atoms with Gasteiger partial charge in [-0.15, -0.1) is 11.3 Å². The van der Waals surface area contributed by atoms with Crippen LogP contribution in [-0.2, 0) is 14.4 Å². The lowest BCUT2D eigenvalue weighted by Gasteiger charge is -2.19. The van der Waals surface area contributed by atoms with Gasteiger partial charge >= 0.3 is 5.97 Å². The molecule has 2 fully saturated rings. The Bertz CT molecular complexity index is 378. The van der Waals surface area contributed by atoms with Crippen molar-refractivity contribution in [2.24, 2.45) is 0 Å². The number of thiophene rings is 1. The van der Waals surface area contributed by atoms with Gasteiger partial charge in [-0.25, -0.2) is 0 Å². The van der Waals surface area contributed by atoms with Crippen LogP contribution in [-0.4, -0.2) is 30.3 Å². The van der Waals surface area contributed by atoms with Gasteiger partial charge in [-0.2, -0.15) is 5.06 Å². The minimum absolute atomic E-state index is 0.0569. The first-order valence-corrected chi connectivity index (χ1v) is 5.76. The molecule has 80 valence electrons. The van der Waals surface area contributed by atoms with E-state index in [0.717, 1.165) is 0 Å². The normalized spacial score (nSPS) is 35.5. The number of esters is 1. The van der Waals surface area contributed by atoms with Crippen LogP contribution in [0.1, 0.15) is 17.3 Å². The standard InChI is InChI=1S/C10H11NO3S/c1-11-9(7-3-2-4-15-7)10-6(14-11)5-8(12)13-10/h2-4,6,9-10H,5H2,1H3/t6-,9-,10+/m1/s1. The largest absolute Gasteiger partial charge is 0.457 e. The minimum Gasteiger partial charge on any atom is -0.457 e. The van der Waals surface area contributed by atoms with Gasteiger partial charge < -0.3 is 4.74 Å². The first-order chi connectivity index (χ1) is 7.25. The van der Waals surface area contributed by atoms with Gasteiger partial charge in [0.15, 0.2) is 6.10 Å². The van der Waals surface area contributed by atoms with Crippen molar-refractivity contribution in [1.82, 2.24) is 5.06 Å². The van der Waals surface area contributed by atoms with Gasteiger partial charge in [0.05, 0.1) is 6.42 Å². The van der Waals surface area contributed by atoms with Gasteiger partial charge in [-0.05, 0) is 11.4 Å². The summed E-state index contributed by atoms with van der Waals surface area (Å²) < 4.78 is 5.29. The summed E-state index contributed by atoms with van der Waals surface area (Å²) in [5, 5.41) is 3.82. The lowest BCUT2D eigenvalue weighted by atomic mass is 10.1. The van der Waals surface area contributed by atoms with Crippen molar-refractivity contribution >= 4 is 17.3 Å². The molecule has 3 rings (SSSR count). The van der Waals surface area contributed by atoms with Crippen molar-refractivity contribution in [1.29, 1.82) is 0 Å². The molecule has 0 amide bonds. The van der Waals surface area contributed by atoms with Gasteiger partial charge in [0, 0.05) is 11.9 Å².